The molecule has 6 nitrogen and oxygen atoms in total. The first kappa shape index (κ1) is 14.8. The van der Waals surface area contributed by atoms with Gasteiger partial charge in [-0.3, -0.25) is 4.99 Å². The molecule has 0 saturated carbocycles. The molecule has 1 saturated heterocycles. The summed E-state index contributed by atoms with van der Waals surface area (Å²) in [7, 11) is 3.79. The first-order valence-corrected chi connectivity index (χ1v) is 7.38. The first-order valence-electron chi connectivity index (χ1n) is 7.38. The minimum atomic E-state index is 0.661. The summed E-state index contributed by atoms with van der Waals surface area (Å²) in [6.45, 7) is 7.45. The van der Waals surface area contributed by atoms with E-state index in [9.17, 15) is 0 Å². The van der Waals surface area contributed by atoms with Crippen LogP contribution < -0.4 is 5.32 Å². The summed E-state index contributed by atoms with van der Waals surface area (Å²) >= 11 is 0. The van der Waals surface area contributed by atoms with E-state index in [1.54, 1.807) is 6.33 Å². The van der Waals surface area contributed by atoms with Crippen molar-refractivity contribution in [3.05, 3.63) is 12.2 Å². The molecule has 0 aromatic carbocycles. The third kappa shape index (κ3) is 3.71. The van der Waals surface area contributed by atoms with Gasteiger partial charge in [0.2, 0.25) is 0 Å². The highest BCUT2D eigenvalue weighted by Crippen LogP contribution is 2.23. The molecule has 1 aliphatic heterocycles. The van der Waals surface area contributed by atoms with Crippen LogP contribution in [0.2, 0.25) is 0 Å². The zero-order valence-electron chi connectivity index (χ0n) is 13.0. The van der Waals surface area contributed by atoms with Gasteiger partial charge < -0.3 is 14.8 Å². The Hall–Kier alpha value is -1.59. The molecule has 1 aliphatic rings. The summed E-state index contributed by atoms with van der Waals surface area (Å²) in [6.07, 6.45) is 4.29. The third-order valence-corrected chi connectivity index (χ3v) is 3.81. The average Bonchev–Trinajstić information content (AvgIpc) is 3.00. The molecule has 0 spiro atoms. The topological polar surface area (TPSA) is 58.3 Å². The van der Waals surface area contributed by atoms with Crippen molar-refractivity contribution in [2.75, 3.05) is 20.1 Å². The van der Waals surface area contributed by atoms with Crippen molar-refractivity contribution < 1.29 is 0 Å². The van der Waals surface area contributed by atoms with Crippen LogP contribution in [0.3, 0.4) is 0 Å². The average molecular weight is 278 g/mol. The van der Waals surface area contributed by atoms with E-state index >= 15 is 0 Å². The van der Waals surface area contributed by atoms with Crippen molar-refractivity contribution in [3.8, 4) is 0 Å². The first-order chi connectivity index (χ1) is 9.60. The summed E-state index contributed by atoms with van der Waals surface area (Å²) in [4.78, 5) is 6.74. The zero-order valence-corrected chi connectivity index (χ0v) is 13.0. The maximum Gasteiger partial charge on any atom is 0.194 e. The van der Waals surface area contributed by atoms with E-state index in [1.807, 2.05) is 18.7 Å². The van der Waals surface area contributed by atoms with Gasteiger partial charge in [0.05, 0.1) is 6.54 Å². The molecule has 20 heavy (non-hydrogen) atoms. The van der Waals surface area contributed by atoms with Crippen LogP contribution >= 0.6 is 0 Å². The Morgan fingerprint density at radius 2 is 2.35 bits per heavy atom. The molecular weight excluding hydrogens is 252 g/mol. The van der Waals surface area contributed by atoms with Crippen LogP contribution in [0.25, 0.3) is 0 Å². The highest BCUT2D eigenvalue weighted by Gasteiger charge is 2.25. The number of nitrogens with one attached hydrogen (secondary N) is 1. The molecule has 112 valence electrons. The molecule has 1 aromatic rings. The SMILES string of the molecule is CN=C(NCc1nncn1C)N1CCC(CC(C)C)C1. The fourth-order valence-corrected chi connectivity index (χ4v) is 2.84. The van der Waals surface area contributed by atoms with Gasteiger partial charge in [-0.2, -0.15) is 0 Å². The van der Waals surface area contributed by atoms with Crippen molar-refractivity contribution in [3.63, 3.8) is 0 Å². The predicted octanol–water partition coefficient (Wildman–Crippen LogP) is 1.26. The summed E-state index contributed by atoms with van der Waals surface area (Å²) in [6, 6.07) is 0. The Balaban J connectivity index is 1.85. The predicted molar refractivity (Wildman–Crippen MR) is 80.3 cm³/mol. The molecule has 0 aliphatic carbocycles. The van der Waals surface area contributed by atoms with Gasteiger partial charge in [-0.15, -0.1) is 10.2 Å². The van der Waals surface area contributed by atoms with E-state index in [4.69, 9.17) is 0 Å². The van der Waals surface area contributed by atoms with E-state index in [-0.39, 0.29) is 0 Å². The van der Waals surface area contributed by atoms with E-state index in [0.717, 1.165) is 36.7 Å². The van der Waals surface area contributed by atoms with Crippen molar-refractivity contribution in [2.45, 2.75) is 33.2 Å². The Bertz CT molecular complexity index is 450. The lowest BCUT2D eigenvalue weighted by atomic mass is 9.97. The Morgan fingerprint density at radius 3 is 2.95 bits per heavy atom. The smallest absolute Gasteiger partial charge is 0.194 e. The Labute approximate surface area is 121 Å². The molecule has 1 N–H and O–H groups in total. The number of hydrogen-bond acceptors (Lipinski definition) is 3. The number of aryl methyl sites for hydroxylation is 1. The molecule has 2 rings (SSSR count). The largest absolute Gasteiger partial charge is 0.349 e. The molecule has 0 amide bonds. The van der Waals surface area contributed by atoms with Crippen molar-refractivity contribution in [1.82, 2.24) is 25.0 Å². The van der Waals surface area contributed by atoms with Gasteiger partial charge in [0.15, 0.2) is 11.8 Å². The fraction of sp³-hybridized carbons (Fsp3) is 0.786. The summed E-state index contributed by atoms with van der Waals surface area (Å²) in [5.41, 5.74) is 0. The lowest BCUT2D eigenvalue weighted by Crippen LogP contribution is -2.40. The third-order valence-electron chi connectivity index (χ3n) is 3.81. The van der Waals surface area contributed by atoms with Gasteiger partial charge in [0.1, 0.15) is 6.33 Å². The normalized spacial score (nSPS) is 19.9. The molecule has 2 heterocycles. The van der Waals surface area contributed by atoms with Gasteiger partial charge in [-0.25, -0.2) is 0 Å². The second kappa shape index (κ2) is 6.72. The van der Waals surface area contributed by atoms with Crippen LogP contribution in [-0.2, 0) is 13.6 Å². The van der Waals surface area contributed by atoms with E-state index in [2.05, 4.69) is 39.3 Å². The van der Waals surface area contributed by atoms with Crippen LogP contribution in [0.15, 0.2) is 11.3 Å². The maximum absolute atomic E-state index is 4.39. The molecular formula is C14H26N6. The summed E-state index contributed by atoms with van der Waals surface area (Å²) in [5, 5.41) is 11.3. The molecule has 1 atom stereocenters. The lowest BCUT2D eigenvalue weighted by Gasteiger charge is -2.21. The minimum absolute atomic E-state index is 0.661. The summed E-state index contributed by atoms with van der Waals surface area (Å²) < 4.78 is 1.92. The van der Waals surface area contributed by atoms with Crippen LogP contribution in [0, 0.1) is 11.8 Å². The van der Waals surface area contributed by atoms with Crippen LogP contribution in [0.5, 0.6) is 0 Å². The molecule has 1 aromatic heterocycles. The molecule has 1 fully saturated rings. The monoisotopic (exact) mass is 278 g/mol. The van der Waals surface area contributed by atoms with Gasteiger partial charge >= 0.3 is 0 Å². The van der Waals surface area contributed by atoms with Crippen molar-refractivity contribution in [1.29, 1.82) is 0 Å². The minimum Gasteiger partial charge on any atom is -0.349 e. The second-order valence-corrected chi connectivity index (χ2v) is 5.99. The highest BCUT2D eigenvalue weighted by atomic mass is 15.3. The van der Waals surface area contributed by atoms with Gasteiger partial charge in [-0.1, -0.05) is 13.8 Å². The van der Waals surface area contributed by atoms with Gasteiger partial charge in [0.25, 0.3) is 0 Å². The van der Waals surface area contributed by atoms with Crippen LogP contribution in [0.1, 0.15) is 32.5 Å². The Morgan fingerprint density at radius 1 is 1.55 bits per heavy atom. The number of hydrogen-bond donors (Lipinski definition) is 1. The van der Waals surface area contributed by atoms with E-state index < -0.39 is 0 Å². The number of rotatable bonds is 4. The van der Waals surface area contributed by atoms with Gasteiger partial charge in [-0.05, 0) is 24.7 Å². The summed E-state index contributed by atoms with van der Waals surface area (Å²) in [5.74, 6) is 3.46. The van der Waals surface area contributed by atoms with E-state index in [1.165, 1.54) is 12.8 Å². The van der Waals surface area contributed by atoms with Crippen molar-refractivity contribution >= 4 is 5.96 Å². The van der Waals surface area contributed by atoms with Gasteiger partial charge in [0, 0.05) is 27.2 Å². The molecule has 1 unspecified atom stereocenters. The number of nitrogens with zero attached hydrogens (tertiary/aromatic N) is 5. The zero-order chi connectivity index (χ0) is 14.5. The number of likely N-dealkylation sites (tertiary alicyclic amines) is 1. The molecule has 0 radical (unpaired) electrons. The number of aromatic nitrogens is 3. The van der Waals surface area contributed by atoms with Crippen LogP contribution in [-0.4, -0.2) is 45.8 Å². The lowest BCUT2D eigenvalue weighted by molar-refractivity contribution is 0.403. The second-order valence-electron chi connectivity index (χ2n) is 5.99. The Kier molecular flexibility index (Phi) is 4.98. The highest BCUT2D eigenvalue weighted by molar-refractivity contribution is 5.80. The van der Waals surface area contributed by atoms with Crippen LogP contribution in [0.4, 0.5) is 0 Å². The number of guanidine groups is 1. The molecule has 0 bridgehead atoms. The van der Waals surface area contributed by atoms with Crippen molar-refractivity contribution in [2.24, 2.45) is 23.9 Å². The fourth-order valence-electron chi connectivity index (χ4n) is 2.84. The maximum atomic E-state index is 4.39. The quantitative estimate of drug-likeness (QED) is 0.665. The standard InChI is InChI=1S/C14H26N6/c1-11(2)7-12-5-6-20(9-12)14(15-3)16-8-13-18-17-10-19(13)4/h10-12H,5-9H2,1-4H3,(H,15,16). The molecule has 6 heteroatoms. The number of aliphatic imine (C=N–C) groups is 1. The van der Waals surface area contributed by atoms with E-state index in [0.29, 0.717) is 6.54 Å².